The highest BCUT2D eigenvalue weighted by atomic mass is 28.4. The Kier molecular flexibility index (Phi) is 9.15. The SMILES string of the molecule is CC(C)[Si](OCC[C@@H](O)c1ccc(COCc2ccccc2)o1)(C(C)C)C(C)C. The van der Waals surface area contributed by atoms with E-state index < -0.39 is 14.4 Å². The van der Waals surface area contributed by atoms with Crippen LogP contribution in [0.3, 0.4) is 0 Å². The summed E-state index contributed by atoms with van der Waals surface area (Å²) in [5.41, 5.74) is 2.74. The van der Waals surface area contributed by atoms with Crippen LogP contribution in [-0.4, -0.2) is 20.0 Å². The highest BCUT2D eigenvalue weighted by Gasteiger charge is 2.44. The van der Waals surface area contributed by atoms with E-state index >= 15 is 0 Å². The molecule has 1 aromatic heterocycles. The molecule has 29 heavy (non-hydrogen) atoms. The standard InChI is InChI=1S/C24H38O4Si/c1-18(2)29(19(3)4,20(5)6)27-15-14-23(25)24-13-12-22(28-24)17-26-16-21-10-8-7-9-11-21/h7-13,18-20,23,25H,14-17H2,1-6H3/t23-/m1/s1. The Morgan fingerprint density at radius 3 is 2.07 bits per heavy atom. The van der Waals surface area contributed by atoms with Gasteiger partial charge in [0.05, 0.1) is 6.61 Å². The molecular formula is C24H38O4Si. The molecule has 0 amide bonds. The van der Waals surface area contributed by atoms with Gasteiger partial charge in [0.1, 0.15) is 24.2 Å². The zero-order valence-corrected chi connectivity index (χ0v) is 19.9. The average molecular weight is 419 g/mol. The molecule has 0 fully saturated rings. The van der Waals surface area contributed by atoms with Gasteiger partial charge in [-0.25, -0.2) is 0 Å². The fourth-order valence-corrected chi connectivity index (χ4v) is 9.96. The molecule has 5 heteroatoms. The molecule has 1 heterocycles. The van der Waals surface area contributed by atoms with Crippen molar-refractivity contribution in [3.63, 3.8) is 0 Å². The number of aliphatic hydroxyl groups excluding tert-OH is 1. The molecule has 0 unspecified atom stereocenters. The summed E-state index contributed by atoms with van der Waals surface area (Å²) in [6.07, 6.45) is -0.116. The molecule has 0 spiro atoms. The van der Waals surface area contributed by atoms with Crippen LogP contribution >= 0.6 is 0 Å². The summed E-state index contributed by atoms with van der Waals surface area (Å²) in [7, 11) is -1.90. The van der Waals surface area contributed by atoms with Gasteiger partial charge in [-0.2, -0.15) is 0 Å². The van der Waals surface area contributed by atoms with Crippen LogP contribution in [-0.2, 0) is 22.4 Å². The third kappa shape index (κ3) is 6.29. The summed E-state index contributed by atoms with van der Waals surface area (Å²) in [5, 5.41) is 10.6. The van der Waals surface area contributed by atoms with Crippen LogP contribution in [0.4, 0.5) is 0 Å². The summed E-state index contributed by atoms with van der Waals surface area (Å²) in [6, 6.07) is 13.8. The number of furan rings is 1. The van der Waals surface area contributed by atoms with Gasteiger partial charge in [0.2, 0.25) is 0 Å². The summed E-state index contributed by atoms with van der Waals surface area (Å²) >= 11 is 0. The van der Waals surface area contributed by atoms with Gasteiger partial charge in [0.25, 0.3) is 0 Å². The predicted octanol–water partition coefficient (Wildman–Crippen LogP) is 6.61. The van der Waals surface area contributed by atoms with Crippen molar-refractivity contribution in [3.05, 3.63) is 59.5 Å². The van der Waals surface area contributed by atoms with Crippen LogP contribution in [0.2, 0.25) is 16.6 Å². The van der Waals surface area contributed by atoms with Gasteiger partial charge in [0.15, 0.2) is 8.32 Å². The van der Waals surface area contributed by atoms with E-state index in [1.807, 2.05) is 42.5 Å². The normalized spacial score (nSPS) is 13.6. The topological polar surface area (TPSA) is 51.8 Å². The maximum Gasteiger partial charge on any atom is 0.200 e. The molecule has 0 aliphatic carbocycles. The number of benzene rings is 1. The second-order valence-electron chi connectivity index (χ2n) is 8.75. The first-order valence-electron chi connectivity index (χ1n) is 10.8. The van der Waals surface area contributed by atoms with Crippen LogP contribution in [0, 0.1) is 0 Å². The maximum atomic E-state index is 10.6. The highest BCUT2D eigenvalue weighted by Crippen LogP contribution is 2.42. The Balaban J connectivity index is 1.84. The van der Waals surface area contributed by atoms with E-state index in [1.54, 1.807) is 0 Å². The third-order valence-electron chi connectivity index (χ3n) is 5.82. The van der Waals surface area contributed by atoms with Crippen molar-refractivity contribution < 1.29 is 18.7 Å². The Bertz CT molecular complexity index is 687. The van der Waals surface area contributed by atoms with E-state index in [-0.39, 0.29) is 0 Å². The zero-order valence-electron chi connectivity index (χ0n) is 18.9. The van der Waals surface area contributed by atoms with Crippen LogP contribution < -0.4 is 0 Å². The predicted molar refractivity (Wildman–Crippen MR) is 120 cm³/mol. The molecule has 1 aromatic carbocycles. The van der Waals surface area contributed by atoms with E-state index in [2.05, 4.69) is 41.5 Å². The van der Waals surface area contributed by atoms with Gasteiger partial charge in [-0.1, -0.05) is 71.9 Å². The molecule has 2 rings (SSSR count). The van der Waals surface area contributed by atoms with Gasteiger partial charge in [-0.05, 0) is 34.3 Å². The average Bonchev–Trinajstić information content (AvgIpc) is 3.14. The summed E-state index contributed by atoms with van der Waals surface area (Å²) in [6.45, 7) is 15.1. The second-order valence-corrected chi connectivity index (χ2v) is 14.2. The van der Waals surface area contributed by atoms with E-state index in [4.69, 9.17) is 13.6 Å². The van der Waals surface area contributed by atoms with Crippen molar-refractivity contribution in [3.8, 4) is 0 Å². The van der Waals surface area contributed by atoms with Gasteiger partial charge < -0.3 is 18.7 Å². The minimum Gasteiger partial charge on any atom is -0.461 e. The maximum absolute atomic E-state index is 10.6. The molecule has 0 saturated heterocycles. The second kappa shape index (κ2) is 11.1. The fourth-order valence-electron chi connectivity index (χ4n) is 4.48. The molecule has 0 aliphatic rings. The number of aliphatic hydroxyl groups is 1. The van der Waals surface area contributed by atoms with Gasteiger partial charge in [0, 0.05) is 13.0 Å². The van der Waals surface area contributed by atoms with Gasteiger partial charge >= 0.3 is 0 Å². The van der Waals surface area contributed by atoms with Crippen LogP contribution in [0.1, 0.15) is 71.2 Å². The molecule has 162 valence electrons. The quantitative estimate of drug-likeness (QED) is 0.394. The van der Waals surface area contributed by atoms with E-state index in [9.17, 15) is 5.11 Å². The third-order valence-corrected chi connectivity index (χ3v) is 11.9. The number of hydrogen-bond acceptors (Lipinski definition) is 4. The lowest BCUT2D eigenvalue weighted by atomic mass is 10.2. The first kappa shape index (κ1) is 23.9. The Morgan fingerprint density at radius 2 is 1.48 bits per heavy atom. The summed E-state index contributed by atoms with van der Waals surface area (Å²) in [4.78, 5) is 0. The number of rotatable bonds is 12. The Labute approximate surface area is 177 Å². The molecule has 0 aliphatic heterocycles. The molecule has 0 bridgehead atoms. The monoisotopic (exact) mass is 418 g/mol. The lowest BCUT2D eigenvalue weighted by molar-refractivity contribution is 0.0817. The van der Waals surface area contributed by atoms with Crippen molar-refractivity contribution >= 4 is 8.32 Å². The number of hydrogen-bond donors (Lipinski definition) is 1. The molecule has 1 N–H and O–H groups in total. The first-order chi connectivity index (χ1) is 13.8. The molecule has 0 radical (unpaired) electrons. The van der Waals surface area contributed by atoms with E-state index in [1.165, 1.54) is 0 Å². The highest BCUT2D eigenvalue weighted by molar-refractivity contribution is 6.77. The van der Waals surface area contributed by atoms with Crippen molar-refractivity contribution in [1.82, 2.24) is 0 Å². The van der Waals surface area contributed by atoms with Crippen LogP contribution in [0.25, 0.3) is 0 Å². The Hall–Kier alpha value is -1.40. The van der Waals surface area contributed by atoms with Crippen molar-refractivity contribution in [1.29, 1.82) is 0 Å². The lowest BCUT2D eigenvalue weighted by Gasteiger charge is -2.42. The van der Waals surface area contributed by atoms with Crippen LogP contribution in [0.15, 0.2) is 46.9 Å². The van der Waals surface area contributed by atoms with E-state index in [0.717, 1.165) is 11.3 Å². The van der Waals surface area contributed by atoms with Gasteiger partial charge in [-0.3, -0.25) is 0 Å². The van der Waals surface area contributed by atoms with E-state index in [0.29, 0.717) is 48.6 Å². The first-order valence-corrected chi connectivity index (χ1v) is 12.9. The largest absolute Gasteiger partial charge is 0.461 e. The molecule has 4 nitrogen and oxygen atoms in total. The van der Waals surface area contributed by atoms with Crippen molar-refractivity contribution in [2.24, 2.45) is 0 Å². The smallest absolute Gasteiger partial charge is 0.200 e. The lowest BCUT2D eigenvalue weighted by Crippen LogP contribution is -2.48. The Morgan fingerprint density at radius 1 is 0.862 bits per heavy atom. The fraction of sp³-hybridized carbons (Fsp3) is 0.583. The number of ether oxygens (including phenoxy) is 1. The molecule has 0 saturated carbocycles. The van der Waals surface area contributed by atoms with Crippen LogP contribution in [0.5, 0.6) is 0 Å². The summed E-state index contributed by atoms with van der Waals surface area (Å²) in [5.74, 6) is 1.31. The molecule has 1 atom stereocenters. The summed E-state index contributed by atoms with van der Waals surface area (Å²) < 4.78 is 18.0. The molecular weight excluding hydrogens is 380 g/mol. The van der Waals surface area contributed by atoms with Crippen molar-refractivity contribution in [2.75, 3.05) is 6.61 Å². The zero-order chi connectivity index (χ0) is 21.4. The van der Waals surface area contributed by atoms with Gasteiger partial charge in [-0.15, -0.1) is 0 Å². The molecule has 2 aromatic rings. The minimum atomic E-state index is -1.90. The minimum absolute atomic E-state index is 0.391. The van der Waals surface area contributed by atoms with Crippen molar-refractivity contribution in [2.45, 2.75) is 83.9 Å².